The van der Waals surface area contributed by atoms with Crippen molar-refractivity contribution in [2.24, 2.45) is 4.99 Å². The Morgan fingerprint density at radius 2 is 1.79 bits per heavy atom. The van der Waals surface area contributed by atoms with Gasteiger partial charge >= 0.3 is 0 Å². The van der Waals surface area contributed by atoms with Gasteiger partial charge in [0, 0.05) is 32.9 Å². The minimum atomic E-state index is 0. The first-order valence-corrected chi connectivity index (χ1v) is 9.88. The molecule has 0 spiro atoms. The van der Waals surface area contributed by atoms with Gasteiger partial charge in [0.1, 0.15) is 5.15 Å². The van der Waals surface area contributed by atoms with Crippen LogP contribution in [-0.2, 0) is 19.5 Å². The molecule has 0 aliphatic rings. The summed E-state index contributed by atoms with van der Waals surface area (Å²) < 4.78 is 0. The number of aromatic nitrogens is 1. The molecule has 0 saturated heterocycles. The molecule has 0 aliphatic carbocycles. The van der Waals surface area contributed by atoms with Crippen molar-refractivity contribution in [2.75, 3.05) is 26.7 Å². The molecule has 0 fully saturated rings. The number of benzene rings is 1. The third-order valence-corrected chi connectivity index (χ3v) is 4.79. The predicted octanol–water partition coefficient (Wildman–Crippen LogP) is 4.10. The minimum absolute atomic E-state index is 0. The van der Waals surface area contributed by atoms with Crippen LogP contribution in [0.15, 0.2) is 47.6 Å². The zero-order chi connectivity index (χ0) is 19.5. The molecule has 0 saturated carbocycles. The summed E-state index contributed by atoms with van der Waals surface area (Å²) in [6.07, 6.45) is 2.67. The Hall–Kier alpha value is -1.38. The first-order valence-electron chi connectivity index (χ1n) is 9.50. The van der Waals surface area contributed by atoms with Crippen molar-refractivity contribution < 1.29 is 0 Å². The van der Waals surface area contributed by atoms with Crippen LogP contribution in [0.5, 0.6) is 0 Å². The summed E-state index contributed by atoms with van der Waals surface area (Å²) in [5.41, 5.74) is 3.80. The molecule has 2 N–H and O–H groups in total. The molecule has 0 radical (unpaired) electrons. The average molecular weight is 516 g/mol. The molecule has 0 aliphatic heterocycles. The molecule has 0 bridgehead atoms. The Labute approximate surface area is 191 Å². The number of guanidine groups is 1. The molecule has 1 aromatic carbocycles. The molecule has 0 atom stereocenters. The van der Waals surface area contributed by atoms with E-state index in [1.54, 1.807) is 7.05 Å². The van der Waals surface area contributed by atoms with Gasteiger partial charge in [0.05, 0.1) is 0 Å². The van der Waals surface area contributed by atoms with E-state index in [2.05, 4.69) is 63.6 Å². The summed E-state index contributed by atoms with van der Waals surface area (Å²) in [6.45, 7) is 9.02. The number of nitrogens with zero attached hydrogens (tertiary/aromatic N) is 3. The minimum Gasteiger partial charge on any atom is -0.356 e. The third kappa shape index (κ3) is 8.32. The van der Waals surface area contributed by atoms with Gasteiger partial charge in [-0.1, -0.05) is 55.8 Å². The lowest BCUT2D eigenvalue weighted by Crippen LogP contribution is -2.38. The van der Waals surface area contributed by atoms with Gasteiger partial charge < -0.3 is 10.6 Å². The first kappa shape index (κ1) is 24.7. The van der Waals surface area contributed by atoms with Gasteiger partial charge in [-0.2, -0.15) is 0 Å². The zero-order valence-electron chi connectivity index (χ0n) is 16.9. The Morgan fingerprint density at radius 1 is 1.07 bits per heavy atom. The van der Waals surface area contributed by atoms with Crippen LogP contribution in [0.4, 0.5) is 0 Å². The Kier molecular flexibility index (Phi) is 12.1. The molecule has 1 aromatic heterocycles. The monoisotopic (exact) mass is 515 g/mol. The molecule has 7 heteroatoms. The molecule has 0 amide bonds. The van der Waals surface area contributed by atoms with Crippen LogP contribution in [0.3, 0.4) is 0 Å². The smallest absolute Gasteiger partial charge is 0.191 e. The number of nitrogens with one attached hydrogen (secondary N) is 2. The van der Waals surface area contributed by atoms with Crippen LogP contribution in [-0.4, -0.2) is 42.5 Å². The Balaban J connectivity index is 0.00000392. The SMILES string of the molecule is CCN(CC)Cc1ccccc1CNC(=NC)NCCc1ccc(Cl)nc1.I. The van der Waals surface area contributed by atoms with Gasteiger partial charge in [-0.3, -0.25) is 9.89 Å². The molecular formula is C21H31ClIN5. The second kappa shape index (κ2) is 13.7. The van der Waals surface area contributed by atoms with Crippen LogP contribution in [0, 0.1) is 0 Å². The highest BCUT2D eigenvalue weighted by Gasteiger charge is 2.07. The second-order valence-electron chi connectivity index (χ2n) is 6.32. The predicted molar refractivity (Wildman–Crippen MR) is 130 cm³/mol. The van der Waals surface area contributed by atoms with Crippen molar-refractivity contribution in [3.8, 4) is 0 Å². The van der Waals surface area contributed by atoms with Gasteiger partial charge in [0.25, 0.3) is 0 Å². The quantitative estimate of drug-likeness (QED) is 0.228. The van der Waals surface area contributed by atoms with Gasteiger partial charge in [0.15, 0.2) is 5.96 Å². The first-order chi connectivity index (χ1) is 13.2. The van der Waals surface area contributed by atoms with Crippen LogP contribution in [0.2, 0.25) is 5.15 Å². The van der Waals surface area contributed by atoms with Crippen LogP contribution >= 0.6 is 35.6 Å². The summed E-state index contributed by atoms with van der Waals surface area (Å²) in [4.78, 5) is 10.8. The highest BCUT2D eigenvalue weighted by atomic mass is 127. The van der Waals surface area contributed by atoms with E-state index in [1.165, 1.54) is 11.1 Å². The van der Waals surface area contributed by atoms with E-state index in [4.69, 9.17) is 11.6 Å². The molecule has 2 rings (SSSR count). The average Bonchev–Trinajstić information content (AvgIpc) is 2.70. The van der Waals surface area contributed by atoms with Crippen molar-refractivity contribution in [3.05, 3.63) is 64.4 Å². The standard InChI is InChI=1S/C21H30ClN5.HI/c1-4-27(5-2)16-19-9-7-6-8-18(19)15-26-21(23-3)24-13-12-17-10-11-20(22)25-14-17;/h6-11,14H,4-5,12-13,15-16H2,1-3H3,(H2,23,24,26);1H. The number of rotatable bonds is 9. The van der Waals surface area contributed by atoms with Crippen molar-refractivity contribution in [2.45, 2.75) is 33.4 Å². The maximum atomic E-state index is 5.82. The summed E-state index contributed by atoms with van der Waals surface area (Å²) in [7, 11) is 1.79. The molecule has 1 heterocycles. The summed E-state index contributed by atoms with van der Waals surface area (Å²) >= 11 is 5.82. The van der Waals surface area contributed by atoms with Crippen molar-refractivity contribution in [1.29, 1.82) is 0 Å². The lowest BCUT2D eigenvalue weighted by molar-refractivity contribution is 0.295. The maximum Gasteiger partial charge on any atom is 0.191 e. The normalized spacial score (nSPS) is 11.2. The van der Waals surface area contributed by atoms with E-state index in [0.717, 1.165) is 50.7 Å². The molecule has 2 aromatic rings. The lowest BCUT2D eigenvalue weighted by atomic mass is 10.1. The van der Waals surface area contributed by atoms with Gasteiger partial charge in [-0.15, -0.1) is 24.0 Å². The zero-order valence-corrected chi connectivity index (χ0v) is 20.0. The molecule has 5 nitrogen and oxygen atoms in total. The van der Waals surface area contributed by atoms with Crippen molar-refractivity contribution >= 4 is 41.5 Å². The summed E-state index contributed by atoms with van der Waals surface area (Å²) in [5.74, 6) is 0.801. The van der Waals surface area contributed by atoms with Crippen LogP contribution in [0.1, 0.15) is 30.5 Å². The van der Waals surface area contributed by atoms with Crippen LogP contribution < -0.4 is 10.6 Å². The molecule has 28 heavy (non-hydrogen) atoms. The summed E-state index contributed by atoms with van der Waals surface area (Å²) in [5, 5.41) is 7.29. The molecular weight excluding hydrogens is 485 g/mol. The highest BCUT2D eigenvalue weighted by Crippen LogP contribution is 2.11. The maximum absolute atomic E-state index is 5.82. The fourth-order valence-electron chi connectivity index (χ4n) is 2.85. The lowest BCUT2D eigenvalue weighted by Gasteiger charge is -2.20. The van der Waals surface area contributed by atoms with E-state index in [-0.39, 0.29) is 24.0 Å². The highest BCUT2D eigenvalue weighted by molar-refractivity contribution is 14.0. The third-order valence-electron chi connectivity index (χ3n) is 4.57. The van der Waals surface area contributed by atoms with E-state index >= 15 is 0 Å². The van der Waals surface area contributed by atoms with Crippen molar-refractivity contribution in [3.63, 3.8) is 0 Å². The van der Waals surface area contributed by atoms with E-state index in [9.17, 15) is 0 Å². The van der Waals surface area contributed by atoms with Crippen molar-refractivity contribution in [1.82, 2.24) is 20.5 Å². The van der Waals surface area contributed by atoms with E-state index < -0.39 is 0 Å². The van der Waals surface area contributed by atoms with Crippen LogP contribution in [0.25, 0.3) is 0 Å². The van der Waals surface area contributed by atoms with E-state index in [0.29, 0.717) is 5.15 Å². The number of pyridine rings is 1. The second-order valence-corrected chi connectivity index (χ2v) is 6.71. The van der Waals surface area contributed by atoms with Gasteiger partial charge in [-0.05, 0) is 42.3 Å². The van der Waals surface area contributed by atoms with Gasteiger partial charge in [-0.25, -0.2) is 4.98 Å². The largest absolute Gasteiger partial charge is 0.356 e. The van der Waals surface area contributed by atoms with E-state index in [1.807, 2.05) is 18.3 Å². The Morgan fingerprint density at radius 3 is 2.39 bits per heavy atom. The summed E-state index contributed by atoms with van der Waals surface area (Å²) in [6, 6.07) is 12.4. The number of halogens is 2. The molecule has 154 valence electrons. The number of aliphatic imine (C=N–C) groups is 1. The topological polar surface area (TPSA) is 52.5 Å². The number of hydrogen-bond donors (Lipinski definition) is 2. The van der Waals surface area contributed by atoms with Gasteiger partial charge in [0.2, 0.25) is 0 Å². The molecule has 0 unspecified atom stereocenters. The Bertz CT molecular complexity index is 717. The fourth-order valence-corrected chi connectivity index (χ4v) is 2.96. The number of hydrogen-bond acceptors (Lipinski definition) is 3. The fraction of sp³-hybridized carbons (Fsp3) is 0.429.